The van der Waals surface area contributed by atoms with E-state index in [2.05, 4.69) is 0 Å². The van der Waals surface area contributed by atoms with Crippen molar-refractivity contribution in [2.75, 3.05) is 13.6 Å². The van der Waals surface area contributed by atoms with Crippen LogP contribution >= 0.6 is 0 Å². The first-order valence-corrected chi connectivity index (χ1v) is 5.45. The minimum atomic E-state index is -1.10. The molecule has 1 amide bonds. The first-order valence-electron chi connectivity index (χ1n) is 5.45. The zero-order valence-electron chi connectivity index (χ0n) is 10.3. The summed E-state index contributed by atoms with van der Waals surface area (Å²) in [6.07, 6.45) is 0.586. The number of carboxylic acids is 1. The second-order valence-corrected chi connectivity index (χ2v) is 4.08. The Kier molecular flexibility index (Phi) is 4.31. The molecule has 0 bridgehead atoms. The molecule has 5 nitrogen and oxygen atoms in total. The first kappa shape index (κ1) is 13.3. The lowest BCUT2D eigenvalue weighted by molar-refractivity contribution is -0.149. The summed E-state index contributed by atoms with van der Waals surface area (Å²) in [5, 5.41) is 8.72. The van der Waals surface area contributed by atoms with Gasteiger partial charge in [-0.25, -0.2) is 0 Å². The van der Waals surface area contributed by atoms with Crippen LogP contribution in [-0.2, 0) is 16.0 Å². The van der Waals surface area contributed by atoms with Crippen LogP contribution in [0, 0.1) is 12.8 Å². The SMILES string of the molecule is Cc1ccc(CCN(C)C(=O)C(C)C(=O)O)o1. The number of aryl methyl sites for hydroxylation is 1. The van der Waals surface area contributed by atoms with Crippen LogP contribution in [0.3, 0.4) is 0 Å². The summed E-state index contributed by atoms with van der Waals surface area (Å²) in [7, 11) is 1.59. The summed E-state index contributed by atoms with van der Waals surface area (Å²) >= 11 is 0. The van der Waals surface area contributed by atoms with Gasteiger partial charge in [0.15, 0.2) is 0 Å². The largest absolute Gasteiger partial charge is 0.481 e. The molecule has 0 radical (unpaired) electrons. The van der Waals surface area contributed by atoms with E-state index in [0.717, 1.165) is 11.5 Å². The number of aliphatic carboxylic acids is 1. The predicted molar refractivity (Wildman–Crippen MR) is 61.6 cm³/mol. The molecule has 1 unspecified atom stereocenters. The van der Waals surface area contributed by atoms with E-state index in [-0.39, 0.29) is 5.91 Å². The van der Waals surface area contributed by atoms with Gasteiger partial charge in [0, 0.05) is 20.0 Å². The molecule has 1 aromatic rings. The molecule has 5 heteroatoms. The molecule has 0 fully saturated rings. The highest BCUT2D eigenvalue weighted by Gasteiger charge is 2.23. The minimum Gasteiger partial charge on any atom is -0.481 e. The van der Waals surface area contributed by atoms with Gasteiger partial charge in [0.2, 0.25) is 5.91 Å². The van der Waals surface area contributed by atoms with Crippen LogP contribution in [0.2, 0.25) is 0 Å². The molecule has 1 rings (SSSR count). The van der Waals surface area contributed by atoms with Crippen molar-refractivity contribution in [3.8, 4) is 0 Å². The van der Waals surface area contributed by atoms with Crippen molar-refractivity contribution in [3.05, 3.63) is 23.7 Å². The number of nitrogens with zero attached hydrogens (tertiary/aromatic N) is 1. The number of carbonyl (C=O) groups is 2. The van der Waals surface area contributed by atoms with Crippen LogP contribution in [0.1, 0.15) is 18.4 Å². The van der Waals surface area contributed by atoms with Gasteiger partial charge < -0.3 is 14.4 Å². The van der Waals surface area contributed by atoms with E-state index in [1.54, 1.807) is 7.05 Å². The Morgan fingerprint density at radius 2 is 2.12 bits per heavy atom. The first-order chi connectivity index (χ1) is 7.91. The Labute approximate surface area is 100 Å². The zero-order chi connectivity index (χ0) is 13.0. The molecule has 94 valence electrons. The predicted octanol–water partition coefficient (Wildman–Crippen LogP) is 1.31. The normalized spacial score (nSPS) is 12.2. The fourth-order valence-electron chi connectivity index (χ4n) is 1.44. The highest BCUT2D eigenvalue weighted by molar-refractivity contribution is 5.96. The summed E-state index contributed by atoms with van der Waals surface area (Å²) in [5.41, 5.74) is 0. The van der Waals surface area contributed by atoms with E-state index in [0.29, 0.717) is 13.0 Å². The van der Waals surface area contributed by atoms with Gasteiger partial charge in [-0.15, -0.1) is 0 Å². The molecule has 0 saturated carbocycles. The maximum atomic E-state index is 11.6. The maximum absolute atomic E-state index is 11.6. The van der Waals surface area contributed by atoms with E-state index in [1.165, 1.54) is 11.8 Å². The smallest absolute Gasteiger partial charge is 0.315 e. The van der Waals surface area contributed by atoms with Gasteiger partial charge in [0.1, 0.15) is 17.4 Å². The van der Waals surface area contributed by atoms with E-state index in [1.807, 2.05) is 19.1 Å². The number of likely N-dealkylation sites (N-methyl/N-ethyl adjacent to an activating group) is 1. The molecule has 1 heterocycles. The number of hydrogen-bond donors (Lipinski definition) is 1. The van der Waals surface area contributed by atoms with Crippen molar-refractivity contribution >= 4 is 11.9 Å². The van der Waals surface area contributed by atoms with Crippen LogP contribution in [0.5, 0.6) is 0 Å². The van der Waals surface area contributed by atoms with Crippen LogP contribution < -0.4 is 0 Å². The number of furan rings is 1. The monoisotopic (exact) mass is 239 g/mol. The number of carboxylic acid groups (broad SMARTS) is 1. The van der Waals surface area contributed by atoms with Crippen molar-refractivity contribution in [1.29, 1.82) is 0 Å². The third-order valence-corrected chi connectivity index (χ3v) is 2.61. The van der Waals surface area contributed by atoms with Crippen molar-refractivity contribution < 1.29 is 19.1 Å². The van der Waals surface area contributed by atoms with E-state index < -0.39 is 11.9 Å². The molecular weight excluding hydrogens is 222 g/mol. The van der Waals surface area contributed by atoms with Crippen LogP contribution in [0.15, 0.2) is 16.5 Å². The number of rotatable bonds is 5. The summed E-state index contributed by atoms with van der Waals surface area (Å²) in [4.78, 5) is 23.7. The fraction of sp³-hybridized carbons (Fsp3) is 0.500. The second-order valence-electron chi connectivity index (χ2n) is 4.08. The van der Waals surface area contributed by atoms with Gasteiger partial charge in [0.05, 0.1) is 0 Å². The Hall–Kier alpha value is -1.78. The van der Waals surface area contributed by atoms with Gasteiger partial charge in [-0.3, -0.25) is 9.59 Å². The van der Waals surface area contributed by atoms with Gasteiger partial charge in [-0.2, -0.15) is 0 Å². The van der Waals surface area contributed by atoms with Crippen molar-refractivity contribution in [3.63, 3.8) is 0 Å². The minimum absolute atomic E-state index is 0.388. The standard InChI is InChI=1S/C12H17NO4/c1-8-4-5-10(17-8)6-7-13(3)11(14)9(2)12(15)16/h4-5,9H,6-7H2,1-3H3,(H,15,16). The van der Waals surface area contributed by atoms with Crippen LogP contribution in [0.4, 0.5) is 0 Å². The lowest BCUT2D eigenvalue weighted by Crippen LogP contribution is -2.36. The number of carbonyl (C=O) groups excluding carboxylic acids is 1. The van der Waals surface area contributed by atoms with Gasteiger partial charge >= 0.3 is 5.97 Å². The van der Waals surface area contributed by atoms with Crippen molar-refractivity contribution in [2.45, 2.75) is 20.3 Å². The molecule has 0 saturated heterocycles. The summed E-state index contributed by atoms with van der Waals surface area (Å²) in [6, 6.07) is 3.71. The average molecular weight is 239 g/mol. The zero-order valence-corrected chi connectivity index (χ0v) is 10.3. The Bertz CT molecular complexity index is 410. The highest BCUT2D eigenvalue weighted by Crippen LogP contribution is 2.08. The van der Waals surface area contributed by atoms with Gasteiger partial charge in [-0.05, 0) is 26.0 Å². The summed E-state index contributed by atoms with van der Waals surface area (Å²) < 4.78 is 5.37. The Morgan fingerprint density at radius 3 is 2.59 bits per heavy atom. The van der Waals surface area contributed by atoms with Crippen molar-refractivity contribution in [2.24, 2.45) is 5.92 Å². The third kappa shape index (κ3) is 3.62. The molecule has 1 atom stereocenters. The molecular formula is C12H17NO4. The van der Waals surface area contributed by atoms with Crippen LogP contribution in [0.25, 0.3) is 0 Å². The molecule has 1 aromatic heterocycles. The molecule has 1 N–H and O–H groups in total. The second kappa shape index (κ2) is 5.52. The maximum Gasteiger partial charge on any atom is 0.315 e. The molecule has 0 aromatic carbocycles. The quantitative estimate of drug-likeness (QED) is 0.786. The van der Waals surface area contributed by atoms with Crippen LogP contribution in [-0.4, -0.2) is 35.5 Å². The highest BCUT2D eigenvalue weighted by atomic mass is 16.4. The summed E-state index contributed by atoms with van der Waals surface area (Å²) in [5.74, 6) is -0.868. The molecule has 0 aliphatic heterocycles. The fourth-order valence-corrected chi connectivity index (χ4v) is 1.44. The molecule has 17 heavy (non-hydrogen) atoms. The van der Waals surface area contributed by atoms with Crippen molar-refractivity contribution in [1.82, 2.24) is 4.90 Å². The van der Waals surface area contributed by atoms with Gasteiger partial charge in [-0.1, -0.05) is 0 Å². The number of amides is 1. The Balaban J connectivity index is 2.47. The van der Waals surface area contributed by atoms with Gasteiger partial charge in [0.25, 0.3) is 0 Å². The van der Waals surface area contributed by atoms with E-state index >= 15 is 0 Å². The molecule has 0 aliphatic rings. The number of hydrogen-bond acceptors (Lipinski definition) is 3. The lowest BCUT2D eigenvalue weighted by Gasteiger charge is -2.18. The molecule has 0 spiro atoms. The summed E-state index contributed by atoms with van der Waals surface area (Å²) in [6.45, 7) is 3.69. The third-order valence-electron chi connectivity index (χ3n) is 2.61. The lowest BCUT2D eigenvalue weighted by atomic mass is 10.1. The Morgan fingerprint density at radius 1 is 1.47 bits per heavy atom. The average Bonchev–Trinajstić information content (AvgIpc) is 2.69. The topological polar surface area (TPSA) is 70.8 Å². The van der Waals surface area contributed by atoms with E-state index in [9.17, 15) is 9.59 Å². The van der Waals surface area contributed by atoms with E-state index in [4.69, 9.17) is 9.52 Å². The molecule has 0 aliphatic carbocycles.